The van der Waals surface area contributed by atoms with E-state index in [1.54, 1.807) is 0 Å². The molecule has 0 radical (unpaired) electrons. The van der Waals surface area contributed by atoms with Crippen LogP contribution in [-0.2, 0) is 4.79 Å². The highest BCUT2D eigenvalue weighted by molar-refractivity contribution is 7.80. The van der Waals surface area contributed by atoms with Crippen molar-refractivity contribution in [2.45, 2.75) is 40.2 Å². The minimum Gasteiger partial charge on any atom is -0.393 e. The Morgan fingerprint density at radius 1 is 1.54 bits per heavy atom. The Balaban J connectivity index is 4.00. The van der Waals surface area contributed by atoms with Crippen LogP contribution in [0.1, 0.15) is 34.1 Å². The maximum absolute atomic E-state index is 11.5. The molecule has 0 fully saturated rings. The molecule has 0 bridgehead atoms. The maximum Gasteiger partial charge on any atom is 0.225 e. The third kappa shape index (κ3) is 5.58. The third-order valence-corrected chi connectivity index (χ3v) is 1.73. The molecule has 0 aliphatic rings. The highest BCUT2D eigenvalue weighted by Crippen LogP contribution is 2.13. The summed E-state index contributed by atoms with van der Waals surface area (Å²) >= 11 is 4.74. The molecule has 0 aliphatic heterocycles. The predicted molar refractivity (Wildman–Crippen MR) is 58.5 cm³/mol. The monoisotopic (exact) mass is 202 g/mol. The van der Waals surface area contributed by atoms with Crippen LogP contribution in [0.2, 0.25) is 0 Å². The number of amides is 1. The van der Waals surface area contributed by atoms with Crippen molar-refractivity contribution in [3.8, 4) is 0 Å². The van der Waals surface area contributed by atoms with Crippen molar-refractivity contribution in [2.24, 2.45) is 11.1 Å². The van der Waals surface area contributed by atoms with Crippen molar-refractivity contribution in [1.29, 1.82) is 0 Å². The van der Waals surface area contributed by atoms with E-state index in [2.05, 4.69) is 5.32 Å². The first-order valence-corrected chi connectivity index (χ1v) is 4.73. The van der Waals surface area contributed by atoms with E-state index in [0.29, 0.717) is 11.4 Å². The normalized spacial score (nSPS) is 13.5. The first-order chi connectivity index (χ1) is 5.73. The molecule has 0 spiro atoms. The van der Waals surface area contributed by atoms with Crippen molar-refractivity contribution < 1.29 is 4.79 Å². The summed E-state index contributed by atoms with van der Waals surface area (Å²) in [5.41, 5.74) is 5.00. The molecule has 3 nitrogen and oxygen atoms in total. The summed E-state index contributed by atoms with van der Waals surface area (Å²) in [6.45, 7) is 7.50. The zero-order valence-electron chi connectivity index (χ0n) is 8.68. The summed E-state index contributed by atoms with van der Waals surface area (Å²) in [6, 6.07) is 0.0178. The smallest absolute Gasteiger partial charge is 0.225 e. The molecule has 0 saturated heterocycles. The second-order valence-electron chi connectivity index (χ2n) is 4.29. The average Bonchev–Trinajstić information content (AvgIpc) is 1.82. The Labute approximate surface area is 85.1 Å². The Hall–Kier alpha value is -0.640. The second kappa shape index (κ2) is 4.56. The van der Waals surface area contributed by atoms with Crippen LogP contribution in [0.3, 0.4) is 0 Å². The molecular formula is C9H18N2OS. The molecular weight excluding hydrogens is 184 g/mol. The fraction of sp³-hybridized carbons (Fsp3) is 0.778. The number of nitrogens with two attached hydrogens (primary N) is 1. The van der Waals surface area contributed by atoms with Gasteiger partial charge in [-0.3, -0.25) is 4.79 Å². The van der Waals surface area contributed by atoms with E-state index in [1.165, 1.54) is 0 Å². The van der Waals surface area contributed by atoms with E-state index in [4.69, 9.17) is 18.0 Å². The van der Waals surface area contributed by atoms with Crippen LogP contribution in [-0.4, -0.2) is 16.9 Å². The topological polar surface area (TPSA) is 55.1 Å². The van der Waals surface area contributed by atoms with Gasteiger partial charge in [0.15, 0.2) is 0 Å². The first kappa shape index (κ1) is 12.4. The highest BCUT2D eigenvalue weighted by Gasteiger charge is 2.22. The third-order valence-electron chi connectivity index (χ3n) is 1.57. The summed E-state index contributed by atoms with van der Waals surface area (Å²) in [7, 11) is 0. The summed E-state index contributed by atoms with van der Waals surface area (Å²) < 4.78 is 0. The first-order valence-electron chi connectivity index (χ1n) is 4.32. The SMILES string of the molecule is CC(CC(N)=S)NC(=O)C(C)(C)C. The van der Waals surface area contributed by atoms with Gasteiger partial charge >= 0.3 is 0 Å². The molecule has 3 N–H and O–H groups in total. The summed E-state index contributed by atoms with van der Waals surface area (Å²) in [5.74, 6) is 0.0243. The zero-order chi connectivity index (χ0) is 10.6. The molecule has 0 saturated carbocycles. The predicted octanol–water partition coefficient (Wildman–Crippen LogP) is 1.21. The molecule has 4 heteroatoms. The van der Waals surface area contributed by atoms with Gasteiger partial charge in [0.05, 0.1) is 4.99 Å². The van der Waals surface area contributed by atoms with Crippen molar-refractivity contribution in [1.82, 2.24) is 5.32 Å². The van der Waals surface area contributed by atoms with Gasteiger partial charge in [0.1, 0.15) is 0 Å². The molecule has 0 aliphatic carbocycles. The number of rotatable bonds is 3. The molecule has 0 aromatic carbocycles. The van der Waals surface area contributed by atoms with Gasteiger partial charge in [0.25, 0.3) is 0 Å². The highest BCUT2D eigenvalue weighted by atomic mass is 32.1. The van der Waals surface area contributed by atoms with Gasteiger partial charge in [-0.25, -0.2) is 0 Å². The quantitative estimate of drug-likeness (QED) is 0.676. The van der Waals surface area contributed by atoms with Gasteiger partial charge < -0.3 is 11.1 Å². The van der Waals surface area contributed by atoms with Gasteiger partial charge in [-0.2, -0.15) is 0 Å². The number of hydrogen-bond acceptors (Lipinski definition) is 2. The molecule has 76 valence electrons. The van der Waals surface area contributed by atoms with Crippen LogP contribution in [0.5, 0.6) is 0 Å². The second-order valence-corrected chi connectivity index (χ2v) is 4.82. The number of nitrogens with one attached hydrogen (secondary N) is 1. The Morgan fingerprint density at radius 3 is 2.31 bits per heavy atom. The van der Waals surface area contributed by atoms with E-state index in [-0.39, 0.29) is 17.4 Å². The molecule has 0 heterocycles. The Bertz CT molecular complexity index is 208. The molecule has 0 aromatic heterocycles. The van der Waals surface area contributed by atoms with Gasteiger partial charge in [-0.1, -0.05) is 33.0 Å². The fourth-order valence-corrected chi connectivity index (χ4v) is 1.04. The Morgan fingerprint density at radius 2 is 2.00 bits per heavy atom. The van der Waals surface area contributed by atoms with Gasteiger partial charge in [-0.05, 0) is 6.92 Å². The van der Waals surface area contributed by atoms with E-state index < -0.39 is 0 Å². The Kier molecular flexibility index (Phi) is 4.33. The van der Waals surface area contributed by atoms with Crippen LogP contribution in [0.15, 0.2) is 0 Å². The molecule has 13 heavy (non-hydrogen) atoms. The minimum absolute atomic E-state index is 0.0178. The lowest BCUT2D eigenvalue weighted by atomic mass is 9.95. The van der Waals surface area contributed by atoms with Crippen molar-refractivity contribution in [2.75, 3.05) is 0 Å². The molecule has 1 unspecified atom stereocenters. The van der Waals surface area contributed by atoms with Crippen LogP contribution < -0.4 is 11.1 Å². The van der Waals surface area contributed by atoms with Crippen molar-refractivity contribution in [3.05, 3.63) is 0 Å². The summed E-state index contributed by atoms with van der Waals surface area (Å²) in [4.78, 5) is 11.9. The van der Waals surface area contributed by atoms with Gasteiger partial charge in [-0.15, -0.1) is 0 Å². The molecule has 0 aromatic rings. The zero-order valence-corrected chi connectivity index (χ0v) is 9.49. The van der Waals surface area contributed by atoms with Crippen LogP contribution in [0.25, 0.3) is 0 Å². The standard InChI is InChI=1S/C9H18N2OS/c1-6(5-7(10)13)11-8(12)9(2,3)4/h6H,5H2,1-4H3,(H2,10,13)(H,11,12). The summed E-state index contributed by atoms with van der Waals surface area (Å²) in [6.07, 6.45) is 0.553. The lowest BCUT2D eigenvalue weighted by Crippen LogP contribution is -2.41. The maximum atomic E-state index is 11.5. The van der Waals surface area contributed by atoms with Crippen LogP contribution >= 0.6 is 12.2 Å². The van der Waals surface area contributed by atoms with Crippen molar-refractivity contribution >= 4 is 23.1 Å². The van der Waals surface area contributed by atoms with Crippen LogP contribution in [0.4, 0.5) is 0 Å². The minimum atomic E-state index is -0.357. The van der Waals surface area contributed by atoms with Crippen molar-refractivity contribution in [3.63, 3.8) is 0 Å². The largest absolute Gasteiger partial charge is 0.393 e. The lowest BCUT2D eigenvalue weighted by molar-refractivity contribution is -0.129. The van der Waals surface area contributed by atoms with E-state index in [0.717, 1.165) is 0 Å². The van der Waals surface area contributed by atoms with E-state index in [9.17, 15) is 4.79 Å². The number of hydrogen-bond donors (Lipinski definition) is 2. The lowest BCUT2D eigenvalue weighted by Gasteiger charge is -2.21. The summed E-state index contributed by atoms with van der Waals surface area (Å²) in [5, 5.41) is 2.84. The number of carbonyl (C=O) groups excluding carboxylic acids is 1. The molecule has 1 atom stereocenters. The van der Waals surface area contributed by atoms with E-state index >= 15 is 0 Å². The van der Waals surface area contributed by atoms with Crippen LogP contribution in [0, 0.1) is 5.41 Å². The van der Waals surface area contributed by atoms with Gasteiger partial charge in [0, 0.05) is 17.9 Å². The number of thiocarbonyl (C=S) groups is 1. The number of carbonyl (C=O) groups is 1. The molecule has 0 rings (SSSR count). The average molecular weight is 202 g/mol. The van der Waals surface area contributed by atoms with Gasteiger partial charge in [0.2, 0.25) is 5.91 Å². The van der Waals surface area contributed by atoms with E-state index in [1.807, 2.05) is 27.7 Å². The molecule has 1 amide bonds. The fourth-order valence-electron chi connectivity index (χ4n) is 0.793.